The Morgan fingerprint density at radius 3 is 1.40 bits per heavy atom. The molecule has 5 heteroatoms. The summed E-state index contributed by atoms with van der Waals surface area (Å²) in [5.41, 5.74) is 3.16. The van der Waals surface area contributed by atoms with Crippen molar-refractivity contribution in [2.24, 2.45) is 0 Å². The van der Waals surface area contributed by atoms with Crippen LogP contribution >= 0.6 is 0 Å². The van der Waals surface area contributed by atoms with E-state index >= 15 is 0 Å². The molecule has 0 aliphatic rings. The first kappa shape index (κ1) is 18.8. The van der Waals surface area contributed by atoms with Crippen molar-refractivity contribution >= 4 is 19.6 Å². The number of aryl methyl sites for hydroxylation is 2. The minimum atomic E-state index is -0.561. The monoisotopic (exact) mass is 337 g/mol. The van der Waals surface area contributed by atoms with E-state index in [9.17, 15) is 9.59 Å². The first-order chi connectivity index (χ1) is 12.1. The largest absolute Gasteiger partial charge is 0.662 e. The molecule has 0 aliphatic carbocycles. The van der Waals surface area contributed by atoms with E-state index in [0.717, 1.165) is 33.4 Å². The Labute approximate surface area is 149 Å². The van der Waals surface area contributed by atoms with Crippen molar-refractivity contribution in [3.8, 4) is 0 Å². The fourth-order valence-corrected chi connectivity index (χ4v) is 2.44. The first-order valence-electron chi connectivity index (χ1n) is 8.55. The maximum absolute atomic E-state index is 11.9. The highest BCUT2D eigenvalue weighted by Gasteiger charge is 2.14. The second kappa shape index (κ2) is 9.67. The van der Waals surface area contributed by atoms with Crippen LogP contribution in [0.15, 0.2) is 48.5 Å². The molecule has 2 rings (SSSR count). The fraction of sp³-hybridized carbons (Fsp3) is 0.300. The van der Waals surface area contributed by atoms with Crippen molar-refractivity contribution in [2.45, 2.75) is 39.5 Å². The van der Waals surface area contributed by atoms with Crippen LogP contribution in [0.4, 0.5) is 0 Å². The Morgan fingerprint density at radius 2 is 1.08 bits per heavy atom. The third-order valence-electron chi connectivity index (χ3n) is 3.77. The van der Waals surface area contributed by atoms with E-state index in [4.69, 9.17) is 9.31 Å². The standard InChI is InChI=1S/C20H22BO4/c1-3-5-15-7-11-17(12-8-15)19(22)24-21-25-20(23)18-13-9-16(6-4-2)10-14-18/h7-14H,3-6H2,1-2H3. The third kappa shape index (κ3) is 5.78. The van der Waals surface area contributed by atoms with Gasteiger partial charge >= 0.3 is 19.6 Å². The zero-order valence-electron chi connectivity index (χ0n) is 14.7. The summed E-state index contributed by atoms with van der Waals surface area (Å²) >= 11 is 0. The van der Waals surface area contributed by atoms with Crippen LogP contribution in [-0.4, -0.2) is 19.6 Å². The van der Waals surface area contributed by atoms with Gasteiger partial charge in [0, 0.05) is 0 Å². The van der Waals surface area contributed by atoms with E-state index in [1.807, 2.05) is 24.3 Å². The summed E-state index contributed by atoms with van der Waals surface area (Å²) in [6.45, 7) is 4.20. The minimum Gasteiger partial charge on any atom is -0.496 e. The maximum atomic E-state index is 11.9. The topological polar surface area (TPSA) is 52.6 Å². The lowest BCUT2D eigenvalue weighted by Crippen LogP contribution is -2.16. The number of hydrogen-bond donors (Lipinski definition) is 0. The van der Waals surface area contributed by atoms with Gasteiger partial charge in [-0.25, -0.2) is 9.59 Å². The summed E-state index contributed by atoms with van der Waals surface area (Å²) in [6, 6.07) is 14.4. The van der Waals surface area contributed by atoms with Gasteiger partial charge in [0.2, 0.25) is 0 Å². The normalized spacial score (nSPS) is 10.2. The third-order valence-corrected chi connectivity index (χ3v) is 3.77. The lowest BCUT2D eigenvalue weighted by atomic mass is 10.1. The van der Waals surface area contributed by atoms with Gasteiger partial charge in [-0.2, -0.15) is 0 Å². The molecule has 129 valence electrons. The number of hydrogen-bond acceptors (Lipinski definition) is 4. The van der Waals surface area contributed by atoms with Gasteiger partial charge in [-0.05, 0) is 48.2 Å². The van der Waals surface area contributed by atoms with Crippen molar-refractivity contribution in [2.75, 3.05) is 0 Å². The SMILES string of the molecule is CCCc1ccc(C(=O)O[B]OC(=O)c2ccc(CCC)cc2)cc1. The van der Waals surface area contributed by atoms with E-state index < -0.39 is 11.9 Å². The summed E-state index contributed by atoms with van der Waals surface area (Å²) in [5.74, 6) is -1.12. The van der Waals surface area contributed by atoms with Crippen LogP contribution in [0, 0.1) is 0 Å². The van der Waals surface area contributed by atoms with Crippen LogP contribution in [0.5, 0.6) is 0 Å². The quantitative estimate of drug-likeness (QED) is 0.680. The molecular formula is C20H22BO4. The van der Waals surface area contributed by atoms with Crippen molar-refractivity contribution in [1.29, 1.82) is 0 Å². The van der Waals surface area contributed by atoms with Crippen LogP contribution in [-0.2, 0) is 22.2 Å². The van der Waals surface area contributed by atoms with Crippen molar-refractivity contribution in [3.05, 3.63) is 70.8 Å². The van der Waals surface area contributed by atoms with Gasteiger partial charge < -0.3 is 9.31 Å². The Kier molecular flexibility index (Phi) is 7.26. The molecule has 2 aromatic rings. The van der Waals surface area contributed by atoms with Gasteiger partial charge in [-0.1, -0.05) is 51.0 Å². The van der Waals surface area contributed by atoms with Crippen LogP contribution in [0.3, 0.4) is 0 Å². The molecule has 0 aromatic heterocycles. The summed E-state index contributed by atoms with van der Waals surface area (Å²) in [6.07, 6.45) is 4.03. The highest BCUT2D eigenvalue weighted by molar-refractivity contribution is 6.28. The molecule has 0 unspecified atom stereocenters. The summed E-state index contributed by atoms with van der Waals surface area (Å²) in [4.78, 5) is 23.8. The average Bonchev–Trinajstić information content (AvgIpc) is 2.63. The van der Waals surface area contributed by atoms with Crippen LogP contribution in [0.25, 0.3) is 0 Å². The predicted octanol–water partition coefficient (Wildman–Crippen LogP) is 4.14. The Morgan fingerprint density at radius 1 is 0.720 bits per heavy atom. The average molecular weight is 337 g/mol. The number of carbonyl (C=O) groups is 2. The van der Waals surface area contributed by atoms with Crippen LogP contribution < -0.4 is 0 Å². The number of rotatable bonds is 8. The highest BCUT2D eigenvalue weighted by atomic mass is 16.6. The van der Waals surface area contributed by atoms with Gasteiger partial charge in [0.25, 0.3) is 0 Å². The molecule has 25 heavy (non-hydrogen) atoms. The van der Waals surface area contributed by atoms with Crippen LogP contribution in [0.2, 0.25) is 0 Å². The van der Waals surface area contributed by atoms with E-state index in [2.05, 4.69) is 13.8 Å². The summed E-state index contributed by atoms with van der Waals surface area (Å²) in [7, 11) is 0.782. The predicted molar refractivity (Wildman–Crippen MR) is 97.5 cm³/mol. The van der Waals surface area contributed by atoms with Crippen molar-refractivity contribution in [3.63, 3.8) is 0 Å². The Hall–Kier alpha value is -2.56. The maximum Gasteiger partial charge on any atom is 0.662 e. The van der Waals surface area contributed by atoms with E-state index in [0.29, 0.717) is 11.1 Å². The molecule has 0 saturated heterocycles. The molecule has 0 aliphatic heterocycles. The molecule has 2 aromatic carbocycles. The highest BCUT2D eigenvalue weighted by Crippen LogP contribution is 2.09. The molecule has 0 fully saturated rings. The smallest absolute Gasteiger partial charge is 0.496 e. The molecule has 0 saturated carbocycles. The Balaban J connectivity index is 1.80. The second-order valence-corrected chi connectivity index (χ2v) is 5.80. The lowest BCUT2D eigenvalue weighted by Gasteiger charge is -2.06. The first-order valence-corrected chi connectivity index (χ1v) is 8.55. The molecule has 0 heterocycles. The Bertz CT molecular complexity index is 631. The lowest BCUT2D eigenvalue weighted by molar-refractivity contribution is 0.0632. The summed E-state index contributed by atoms with van der Waals surface area (Å²) < 4.78 is 9.75. The zero-order valence-corrected chi connectivity index (χ0v) is 14.7. The molecule has 4 nitrogen and oxygen atoms in total. The number of benzene rings is 2. The molecular weight excluding hydrogens is 315 g/mol. The molecule has 0 bridgehead atoms. The van der Waals surface area contributed by atoms with Gasteiger partial charge in [0.15, 0.2) is 0 Å². The van der Waals surface area contributed by atoms with Gasteiger partial charge in [-0.15, -0.1) is 0 Å². The molecule has 1 radical (unpaired) electrons. The van der Waals surface area contributed by atoms with E-state index in [1.54, 1.807) is 24.3 Å². The van der Waals surface area contributed by atoms with E-state index in [-0.39, 0.29) is 0 Å². The van der Waals surface area contributed by atoms with E-state index in [1.165, 1.54) is 11.1 Å². The molecule has 0 spiro atoms. The second-order valence-electron chi connectivity index (χ2n) is 5.80. The summed E-state index contributed by atoms with van der Waals surface area (Å²) in [5, 5.41) is 0. The van der Waals surface area contributed by atoms with Gasteiger partial charge in [0.05, 0.1) is 11.1 Å². The van der Waals surface area contributed by atoms with Crippen molar-refractivity contribution < 1.29 is 18.9 Å². The van der Waals surface area contributed by atoms with Gasteiger partial charge in [-0.3, -0.25) is 0 Å². The minimum absolute atomic E-state index is 0.413. The molecule has 0 atom stereocenters. The molecule has 0 amide bonds. The fourth-order valence-electron chi connectivity index (χ4n) is 2.44. The van der Waals surface area contributed by atoms with Crippen LogP contribution in [0.1, 0.15) is 58.5 Å². The molecule has 0 N–H and O–H groups in total. The van der Waals surface area contributed by atoms with Crippen molar-refractivity contribution in [1.82, 2.24) is 0 Å². The zero-order chi connectivity index (χ0) is 18.1. The van der Waals surface area contributed by atoms with Gasteiger partial charge in [0.1, 0.15) is 0 Å². The number of carbonyl (C=O) groups excluding carboxylic acids is 2.